The van der Waals surface area contributed by atoms with Gasteiger partial charge < -0.3 is 14.8 Å². The summed E-state index contributed by atoms with van der Waals surface area (Å²) < 4.78 is 10.7. The zero-order valence-corrected chi connectivity index (χ0v) is 14.9. The Kier molecular flexibility index (Phi) is 5.24. The number of rotatable bonds is 6. The maximum atomic E-state index is 12.4. The van der Waals surface area contributed by atoms with Gasteiger partial charge >= 0.3 is 0 Å². The van der Waals surface area contributed by atoms with Gasteiger partial charge in [0.2, 0.25) is 12.7 Å². The monoisotopic (exact) mass is 340 g/mol. The summed E-state index contributed by atoms with van der Waals surface area (Å²) in [6.45, 7) is 5.50. The standard InChI is InChI=1S/C20H24N2O3/c1-14(2)16-6-4-5-7-17(16)21-20(23)12-22(3)11-15-8-9-18-19(10-15)25-13-24-18/h4-10,14H,11-13H2,1-3H3,(H,21,23). The van der Waals surface area contributed by atoms with Gasteiger partial charge in [0.1, 0.15) is 0 Å². The predicted octanol–water partition coefficient (Wildman–Crippen LogP) is 3.61. The molecule has 25 heavy (non-hydrogen) atoms. The van der Waals surface area contributed by atoms with E-state index in [0.29, 0.717) is 19.0 Å². The quantitative estimate of drug-likeness (QED) is 0.873. The van der Waals surface area contributed by atoms with E-state index in [1.165, 1.54) is 0 Å². The number of nitrogens with zero attached hydrogens (tertiary/aromatic N) is 1. The third kappa shape index (κ3) is 4.31. The number of para-hydroxylation sites is 1. The van der Waals surface area contributed by atoms with Crippen LogP contribution >= 0.6 is 0 Å². The van der Waals surface area contributed by atoms with Crippen molar-refractivity contribution in [2.75, 3.05) is 25.7 Å². The second-order valence-electron chi connectivity index (χ2n) is 6.65. The molecule has 1 N–H and O–H groups in total. The van der Waals surface area contributed by atoms with E-state index in [1.807, 2.05) is 48.3 Å². The number of carbonyl (C=O) groups is 1. The fraction of sp³-hybridized carbons (Fsp3) is 0.350. The average molecular weight is 340 g/mol. The lowest BCUT2D eigenvalue weighted by Crippen LogP contribution is -2.30. The second kappa shape index (κ2) is 7.57. The van der Waals surface area contributed by atoms with Crippen molar-refractivity contribution in [2.24, 2.45) is 0 Å². The van der Waals surface area contributed by atoms with E-state index in [-0.39, 0.29) is 12.7 Å². The van der Waals surface area contributed by atoms with Gasteiger partial charge in [-0.25, -0.2) is 0 Å². The third-order valence-corrected chi connectivity index (χ3v) is 4.16. The highest BCUT2D eigenvalue weighted by molar-refractivity contribution is 5.93. The van der Waals surface area contributed by atoms with Crippen LogP contribution in [-0.2, 0) is 11.3 Å². The number of amides is 1. The van der Waals surface area contributed by atoms with Crippen molar-refractivity contribution in [1.82, 2.24) is 4.90 Å². The highest BCUT2D eigenvalue weighted by Gasteiger charge is 2.15. The molecule has 1 amide bonds. The summed E-state index contributed by atoms with van der Waals surface area (Å²) in [5.41, 5.74) is 3.12. The molecular formula is C20H24N2O3. The second-order valence-corrected chi connectivity index (χ2v) is 6.65. The molecule has 0 aliphatic carbocycles. The van der Waals surface area contributed by atoms with Gasteiger partial charge in [-0.15, -0.1) is 0 Å². The number of nitrogens with one attached hydrogen (secondary N) is 1. The van der Waals surface area contributed by atoms with Crippen molar-refractivity contribution in [2.45, 2.75) is 26.3 Å². The Morgan fingerprint density at radius 1 is 1.16 bits per heavy atom. The highest BCUT2D eigenvalue weighted by Crippen LogP contribution is 2.32. The molecule has 1 aliphatic heterocycles. The zero-order chi connectivity index (χ0) is 17.8. The molecule has 2 aromatic carbocycles. The number of ether oxygens (including phenoxy) is 2. The number of benzene rings is 2. The molecule has 0 fully saturated rings. The van der Waals surface area contributed by atoms with Crippen LogP contribution in [0.5, 0.6) is 11.5 Å². The number of hydrogen-bond acceptors (Lipinski definition) is 4. The lowest BCUT2D eigenvalue weighted by atomic mass is 10.0. The van der Waals surface area contributed by atoms with E-state index < -0.39 is 0 Å². The van der Waals surface area contributed by atoms with Crippen molar-refractivity contribution < 1.29 is 14.3 Å². The van der Waals surface area contributed by atoms with Crippen LogP contribution in [0, 0.1) is 0 Å². The maximum Gasteiger partial charge on any atom is 0.238 e. The van der Waals surface area contributed by atoms with Crippen LogP contribution in [0.15, 0.2) is 42.5 Å². The number of carbonyl (C=O) groups excluding carboxylic acids is 1. The van der Waals surface area contributed by atoms with Crippen molar-refractivity contribution in [1.29, 1.82) is 0 Å². The molecule has 0 saturated carbocycles. The van der Waals surface area contributed by atoms with Gasteiger partial charge in [0.15, 0.2) is 11.5 Å². The molecule has 3 rings (SSSR count). The first-order chi connectivity index (χ1) is 12.0. The normalized spacial score (nSPS) is 12.7. The van der Waals surface area contributed by atoms with E-state index in [4.69, 9.17) is 9.47 Å². The van der Waals surface area contributed by atoms with Crippen molar-refractivity contribution in [3.8, 4) is 11.5 Å². The van der Waals surface area contributed by atoms with Crippen molar-refractivity contribution >= 4 is 11.6 Å². The molecule has 1 heterocycles. The summed E-state index contributed by atoms with van der Waals surface area (Å²) in [6.07, 6.45) is 0. The van der Waals surface area contributed by atoms with Gasteiger partial charge in [0.05, 0.1) is 6.54 Å². The minimum atomic E-state index is -0.0173. The first kappa shape index (κ1) is 17.3. The predicted molar refractivity (Wildman–Crippen MR) is 98.1 cm³/mol. The first-order valence-corrected chi connectivity index (χ1v) is 8.49. The molecule has 1 aliphatic rings. The largest absolute Gasteiger partial charge is 0.454 e. The Morgan fingerprint density at radius 2 is 1.92 bits per heavy atom. The molecular weight excluding hydrogens is 316 g/mol. The number of anilines is 1. The molecule has 132 valence electrons. The summed E-state index contributed by atoms with van der Waals surface area (Å²) in [5, 5.41) is 3.02. The first-order valence-electron chi connectivity index (χ1n) is 8.49. The fourth-order valence-corrected chi connectivity index (χ4v) is 2.96. The lowest BCUT2D eigenvalue weighted by Gasteiger charge is -2.18. The van der Waals surface area contributed by atoms with Crippen LogP contribution in [0.3, 0.4) is 0 Å². The zero-order valence-electron chi connectivity index (χ0n) is 14.9. The van der Waals surface area contributed by atoms with Gasteiger partial charge in [0.25, 0.3) is 0 Å². The van der Waals surface area contributed by atoms with Crippen LogP contribution in [0.1, 0.15) is 30.9 Å². The molecule has 0 saturated heterocycles. The molecule has 0 unspecified atom stereocenters. The highest BCUT2D eigenvalue weighted by atomic mass is 16.7. The van der Waals surface area contributed by atoms with E-state index in [9.17, 15) is 4.79 Å². The topological polar surface area (TPSA) is 50.8 Å². The fourth-order valence-electron chi connectivity index (χ4n) is 2.96. The van der Waals surface area contributed by atoms with Crippen molar-refractivity contribution in [3.05, 3.63) is 53.6 Å². The lowest BCUT2D eigenvalue weighted by molar-refractivity contribution is -0.117. The number of likely N-dealkylation sites (N-methyl/N-ethyl adjacent to an activating group) is 1. The van der Waals surface area contributed by atoms with Gasteiger partial charge in [-0.05, 0) is 42.3 Å². The van der Waals surface area contributed by atoms with E-state index in [0.717, 1.165) is 28.3 Å². The van der Waals surface area contributed by atoms with Gasteiger partial charge in [-0.2, -0.15) is 0 Å². The van der Waals surface area contributed by atoms with Crippen molar-refractivity contribution in [3.63, 3.8) is 0 Å². The summed E-state index contributed by atoms with van der Waals surface area (Å²) >= 11 is 0. The van der Waals surface area contributed by atoms with Gasteiger partial charge in [0, 0.05) is 12.2 Å². The summed E-state index contributed by atoms with van der Waals surface area (Å²) in [4.78, 5) is 14.4. The van der Waals surface area contributed by atoms with Gasteiger partial charge in [-0.1, -0.05) is 38.1 Å². The van der Waals surface area contributed by atoms with E-state index in [1.54, 1.807) is 0 Å². The molecule has 0 radical (unpaired) electrons. The van der Waals surface area contributed by atoms with Crippen LogP contribution in [0.25, 0.3) is 0 Å². The van der Waals surface area contributed by atoms with E-state index in [2.05, 4.69) is 25.2 Å². The Hall–Kier alpha value is -2.53. The Labute approximate surface area is 148 Å². The summed E-state index contributed by atoms with van der Waals surface area (Å²) in [7, 11) is 1.93. The molecule has 2 aromatic rings. The Bertz CT molecular complexity index is 758. The Morgan fingerprint density at radius 3 is 2.72 bits per heavy atom. The number of hydrogen-bond donors (Lipinski definition) is 1. The smallest absolute Gasteiger partial charge is 0.238 e. The summed E-state index contributed by atoms with van der Waals surface area (Å²) in [6, 6.07) is 13.8. The third-order valence-electron chi connectivity index (χ3n) is 4.16. The minimum Gasteiger partial charge on any atom is -0.454 e. The van der Waals surface area contributed by atoms with Crippen LogP contribution in [0.2, 0.25) is 0 Å². The van der Waals surface area contributed by atoms with E-state index >= 15 is 0 Å². The SMILES string of the molecule is CC(C)c1ccccc1NC(=O)CN(C)Cc1ccc2c(c1)OCO2. The Balaban J connectivity index is 1.58. The molecule has 5 heteroatoms. The van der Waals surface area contributed by atoms with Crippen LogP contribution in [0.4, 0.5) is 5.69 Å². The maximum absolute atomic E-state index is 12.4. The average Bonchev–Trinajstić information content (AvgIpc) is 3.02. The van der Waals surface area contributed by atoms with Crippen LogP contribution in [-0.4, -0.2) is 31.2 Å². The van der Waals surface area contributed by atoms with Gasteiger partial charge in [-0.3, -0.25) is 9.69 Å². The van der Waals surface area contributed by atoms with Crippen LogP contribution < -0.4 is 14.8 Å². The molecule has 0 bridgehead atoms. The molecule has 0 aromatic heterocycles. The number of fused-ring (bicyclic) bond motifs is 1. The molecule has 0 spiro atoms. The molecule has 0 atom stereocenters. The molecule has 5 nitrogen and oxygen atoms in total. The minimum absolute atomic E-state index is 0.0173. The summed E-state index contributed by atoms with van der Waals surface area (Å²) in [5.74, 6) is 1.88.